The van der Waals surface area contributed by atoms with Gasteiger partial charge in [0.15, 0.2) is 0 Å². The van der Waals surface area contributed by atoms with Gasteiger partial charge in [0.05, 0.1) is 16.0 Å². The normalized spacial score (nSPS) is 21.8. The molecule has 0 aromatic carbocycles. The first-order valence-electron chi connectivity index (χ1n) is 8.29. The van der Waals surface area contributed by atoms with Gasteiger partial charge in [0.25, 0.3) is 0 Å². The second-order valence-electron chi connectivity index (χ2n) is 6.49. The van der Waals surface area contributed by atoms with E-state index >= 15 is 0 Å². The van der Waals surface area contributed by atoms with Crippen LogP contribution in [0.2, 0.25) is 0 Å². The van der Waals surface area contributed by atoms with Gasteiger partial charge in [-0.25, -0.2) is 4.99 Å². The molecule has 0 bridgehead atoms. The number of aliphatic hydroxyl groups is 1. The summed E-state index contributed by atoms with van der Waals surface area (Å²) in [6.45, 7) is 1.76. The first kappa shape index (κ1) is 16.6. The fourth-order valence-corrected chi connectivity index (χ4v) is 4.08. The van der Waals surface area contributed by atoms with Gasteiger partial charge < -0.3 is 15.3 Å². The van der Waals surface area contributed by atoms with E-state index in [2.05, 4.69) is 26.6 Å². The summed E-state index contributed by atoms with van der Waals surface area (Å²) >= 11 is 7.93. The molecule has 132 valence electrons. The van der Waals surface area contributed by atoms with Gasteiger partial charge in [-0.05, 0) is 31.9 Å². The van der Waals surface area contributed by atoms with Gasteiger partial charge in [-0.2, -0.15) is 5.10 Å². The number of nitrogens with one attached hydrogen (secondary N) is 2. The molecule has 1 fully saturated rings. The molecule has 2 aliphatic rings. The maximum Gasteiger partial charge on any atom is 0.149 e. The quantitative estimate of drug-likeness (QED) is 0.743. The molecule has 2 aromatic rings. The van der Waals surface area contributed by atoms with Crippen LogP contribution in [0.5, 0.6) is 0 Å². The lowest BCUT2D eigenvalue weighted by atomic mass is 10.2. The van der Waals surface area contributed by atoms with Gasteiger partial charge in [-0.1, -0.05) is 11.6 Å². The third-order valence-electron chi connectivity index (χ3n) is 4.45. The summed E-state index contributed by atoms with van der Waals surface area (Å²) in [5.41, 5.74) is 1.18. The van der Waals surface area contributed by atoms with Crippen molar-refractivity contribution in [3.05, 3.63) is 44.9 Å². The molecule has 1 aliphatic heterocycles. The number of aliphatic imine (C=N–C) groups is 1. The van der Waals surface area contributed by atoms with Crippen molar-refractivity contribution < 1.29 is 5.11 Å². The van der Waals surface area contributed by atoms with E-state index in [1.807, 2.05) is 24.1 Å². The highest BCUT2D eigenvalue weighted by Crippen LogP contribution is 2.39. The number of nitrogens with zero attached hydrogens (tertiary/aromatic N) is 3. The highest BCUT2D eigenvalue weighted by molar-refractivity contribution is 7.14. The molecule has 2 unspecified atom stereocenters. The van der Waals surface area contributed by atoms with Crippen LogP contribution in [0.4, 0.5) is 5.82 Å². The summed E-state index contributed by atoms with van der Waals surface area (Å²) in [6, 6.07) is 5.96. The molecule has 0 radical (unpaired) electrons. The minimum absolute atomic E-state index is 0.235. The lowest BCUT2D eigenvalue weighted by Gasteiger charge is -2.32. The zero-order chi connectivity index (χ0) is 17.6. The van der Waals surface area contributed by atoms with Crippen molar-refractivity contribution in [3.8, 4) is 0 Å². The number of likely N-dealkylation sites (N-methyl/N-ethyl adjacent to an activating group) is 1. The Balaban J connectivity index is 1.54. The van der Waals surface area contributed by atoms with Crippen molar-refractivity contribution in [2.45, 2.75) is 38.0 Å². The number of H-pyrrole nitrogens is 1. The van der Waals surface area contributed by atoms with Gasteiger partial charge in [0, 0.05) is 35.8 Å². The first-order valence-corrected chi connectivity index (χ1v) is 9.48. The van der Waals surface area contributed by atoms with Crippen molar-refractivity contribution in [1.29, 1.82) is 0 Å². The fraction of sp³-hybridized carbons (Fsp3) is 0.412. The Labute approximate surface area is 155 Å². The molecule has 0 amide bonds. The summed E-state index contributed by atoms with van der Waals surface area (Å²) < 4.78 is 0. The highest BCUT2D eigenvalue weighted by atomic mass is 35.5. The van der Waals surface area contributed by atoms with Gasteiger partial charge in [0.2, 0.25) is 0 Å². The summed E-state index contributed by atoms with van der Waals surface area (Å²) in [4.78, 5) is 8.38. The Morgan fingerprint density at radius 1 is 1.44 bits per heavy atom. The first-order chi connectivity index (χ1) is 12.0. The number of hydrogen-bond acceptors (Lipinski definition) is 6. The van der Waals surface area contributed by atoms with Crippen molar-refractivity contribution in [1.82, 2.24) is 15.1 Å². The van der Waals surface area contributed by atoms with Crippen molar-refractivity contribution >= 4 is 34.6 Å². The number of aromatic nitrogens is 2. The minimum Gasteiger partial charge on any atom is -0.388 e. The van der Waals surface area contributed by atoms with E-state index in [9.17, 15) is 5.11 Å². The van der Waals surface area contributed by atoms with E-state index in [4.69, 9.17) is 11.6 Å². The molecule has 1 aliphatic carbocycles. The SMILES string of the molecule is CC(O)c1ccc(C2=NC=C(Cl)C(Nc3cc(C4CC4)[nH]n3)N2C)s1. The minimum atomic E-state index is -0.480. The van der Waals surface area contributed by atoms with E-state index < -0.39 is 6.10 Å². The van der Waals surface area contributed by atoms with Crippen LogP contribution in [0.3, 0.4) is 0 Å². The summed E-state index contributed by atoms with van der Waals surface area (Å²) in [6.07, 6.45) is 3.41. The Kier molecular flexibility index (Phi) is 4.31. The molecule has 3 N–H and O–H groups in total. The van der Waals surface area contributed by atoms with Crippen LogP contribution in [0, 0.1) is 0 Å². The molecular weight excluding hydrogens is 358 g/mol. The van der Waals surface area contributed by atoms with Crippen LogP contribution >= 0.6 is 22.9 Å². The molecule has 3 heterocycles. The van der Waals surface area contributed by atoms with E-state index in [1.54, 1.807) is 13.1 Å². The van der Waals surface area contributed by atoms with Crippen molar-refractivity contribution in [2.24, 2.45) is 4.99 Å². The van der Waals surface area contributed by atoms with E-state index in [1.165, 1.54) is 29.9 Å². The topological polar surface area (TPSA) is 76.5 Å². The summed E-state index contributed by atoms with van der Waals surface area (Å²) in [5.74, 6) is 2.22. The van der Waals surface area contributed by atoms with Crippen LogP contribution in [0.25, 0.3) is 0 Å². The number of amidine groups is 1. The smallest absolute Gasteiger partial charge is 0.149 e. The third kappa shape index (κ3) is 3.31. The number of aliphatic hydroxyl groups excluding tert-OH is 1. The number of rotatable bonds is 5. The van der Waals surface area contributed by atoms with Crippen LogP contribution in [-0.4, -0.2) is 39.3 Å². The molecule has 25 heavy (non-hydrogen) atoms. The molecule has 8 heteroatoms. The Bertz CT molecular complexity index is 836. The lowest BCUT2D eigenvalue weighted by molar-refractivity contribution is 0.203. The van der Waals surface area contributed by atoms with Gasteiger partial charge in [-0.3, -0.25) is 5.10 Å². The third-order valence-corrected chi connectivity index (χ3v) is 6.01. The maximum absolute atomic E-state index is 9.74. The Morgan fingerprint density at radius 3 is 2.92 bits per heavy atom. The van der Waals surface area contributed by atoms with Gasteiger partial charge in [-0.15, -0.1) is 11.3 Å². The van der Waals surface area contributed by atoms with E-state index in [0.717, 1.165) is 21.4 Å². The largest absolute Gasteiger partial charge is 0.388 e. The molecule has 0 spiro atoms. The number of hydrogen-bond donors (Lipinski definition) is 3. The van der Waals surface area contributed by atoms with E-state index in [-0.39, 0.29) is 6.17 Å². The summed E-state index contributed by atoms with van der Waals surface area (Å²) in [5, 5.41) is 21.2. The number of thiophene rings is 1. The zero-order valence-electron chi connectivity index (χ0n) is 14.0. The van der Waals surface area contributed by atoms with Crippen LogP contribution in [0.1, 0.15) is 47.2 Å². The Morgan fingerprint density at radius 2 is 2.24 bits per heavy atom. The number of aromatic amines is 1. The molecule has 2 aromatic heterocycles. The predicted octanol–water partition coefficient (Wildman–Crippen LogP) is 3.61. The molecular formula is C17H20ClN5OS. The van der Waals surface area contributed by atoms with Crippen LogP contribution < -0.4 is 5.32 Å². The average molecular weight is 378 g/mol. The second kappa shape index (κ2) is 6.48. The monoisotopic (exact) mass is 377 g/mol. The Hall–Kier alpha value is -1.83. The second-order valence-corrected chi connectivity index (χ2v) is 8.04. The number of halogens is 1. The van der Waals surface area contributed by atoms with Crippen LogP contribution in [-0.2, 0) is 0 Å². The standard InChI is InChI=1S/C17H20ClN5OS/c1-9(24)13-5-6-14(25-13)17-19-8-11(18)16(23(17)2)20-15-7-12(21-22-15)10-3-4-10/h5-10,16,24H,3-4H2,1-2H3,(H2,20,21,22). The van der Waals surface area contributed by atoms with E-state index in [0.29, 0.717) is 11.0 Å². The summed E-state index contributed by atoms with van der Waals surface area (Å²) in [7, 11) is 1.95. The molecule has 2 atom stereocenters. The molecule has 0 saturated heterocycles. The fourth-order valence-electron chi connectivity index (χ4n) is 2.85. The molecule has 6 nitrogen and oxygen atoms in total. The number of anilines is 1. The average Bonchev–Trinajstić information content (AvgIpc) is 3.12. The van der Waals surface area contributed by atoms with Crippen molar-refractivity contribution in [3.63, 3.8) is 0 Å². The van der Waals surface area contributed by atoms with Gasteiger partial charge >= 0.3 is 0 Å². The molecule has 4 rings (SSSR count). The van der Waals surface area contributed by atoms with Crippen molar-refractivity contribution in [2.75, 3.05) is 12.4 Å². The van der Waals surface area contributed by atoms with Gasteiger partial charge in [0.1, 0.15) is 17.8 Å². The maximum atomic E-state index is 9.74. The lowest BCUT2D eigenvalue weighted by Crippen LogP contribution is -2.44. The van der Waals surface area contributed by atoms with Crippen LogP contribution in [0.15, 0.2) is 34.4 Å². The molecule has 1 saturated carbocycles. The predicted molar refractivity (Wildman–Crippen MR) is 101 cm³/mol. The highest BCUT2D eigenvalue weighted by Gasteiger charge is 2.29. The zero-order valence-corrected chi connectivity index (χ0v) is 15.6.